The summed E-state index contributed by atoms with van der Waals surface area (Å²) in [5, 5.41) is 4.96. The van der Waals surface area contributed by atoms with Gasteiger partial charge in [0.1, 0.15) is 4.88 Å². The third kappa shape index (κ3) is 2.36. The Balaban J connectivity index is 1.82. The zero-order chi connectivity index (χ0) is 13.2. The van der Waals surface area contributed by atoms with Crippen LogP contribution in [0.5, 0.6) is 0 Å². The maximum Gasteiger partial charge on any atom is 0.263 e. The first-order chi connectivity index (χ1) is 9.25. The van der Waals surface area contributed by atoms with Gasteiger partial charge in [0.25, 0.3) is 5.91 Å². The second-order valence-electron chi connectivity index (χ2n) is 4.82. The van der Waals surface area contributed by atoms with Gasteiger partial charge in [-0.3, -0.25) is 4.79 Å². The molecule has 1 amide bonds. The Labute approximate surface area is 116 Å². The van der Waals surface area contributed by atoms with Gasteiger partial charge >= 0.3 is 0 Å². The summed E-state index contributed by atoms with van der Waals surface area (Å²) in [5.41, 5.74) is 8.95. The number of nitrogens with one attached hydrogen (secondary N) is 1. The molecule has 0 bridgehead atoms. The number of thiophene rings is 1. The predicted molar refractivity (Wildman–Crippen MR) is 78.3 cm³/mol. The molecule has 0 saturated heterocycles. The first kappa shape index (κ1) is 12.2. The normalized spacial score (nSPS) is 17.8. The standard InChI is InChI=1S/C15H16N2OS/c16-12-8-9-19-14(12)15(18)17-13-7-3-5-10-4-1-2-6-11(10)13/h1-2,4,6,8-9,13H,3,5,7,16H2,(H,17,18). The van der Waals surface area contributed by atoms with Crippen LogP contribution in [0.15, 0.2) is 35.7 Å². The fraction of sp³-hybridized carbons (Fsp3) is 0.267. The molecule has 1 aliphatic carbocycles. The van der Waals surface area contributed by atoms with Crippen LogP contribution in [0.3, 0.4) is 0 Å². The molecule has 3 N–H and O–H groups in total. The first-order valence-electron chi connectivity index (χ1n) is 6.47. The molecule has 3 nitrogen and oxygen atoms in total. The summed E-state index contributed by atoms with van der Waals surface area (Å²) in [6.45, 7) is 0. The van der Waals surface area contributed by atoms with Crippen LogP contribution >= 0.6 is 11.3 Å². The number of hydrogen-bond donors (Lipinski definition) is 2. The Kier molecular flexibility index (Phi) is 3.25. The monoisotopic (exact) mass is 272 g/mol. The summed E-state index contributed by atoms with van der Waals surface area (Å²) >= 11 is 1.39. The van der Waals surface area contributed by atoms with E-state index in [0.29, 0.717) is 10.6 Å². The van der Waals surface area contributed by atoms with Crippen molar-refractivity contribution in [1.29, 1.82) is 0 Å². The molecule has 2 aromatic rings. The fourth-order valence-corrected chi connectivity index (χ4v) is 3.35. The van der Waals surface area contributed by atoms with E-state index in [-0.39, 0.29) is 11.9 Å². The van der Waals surface area contributed by atoms with Crippen molar-refractivity contribution in [2.24, 2.45) is 0 Å². The minimum atomic E-state index is -0.0609. The number of nitrogens with two attached hydrogens (primary N) is 1. The molecule has 0 aliphatic heterocycles. The van der Waals surface area contributed by atoms with Gasteiger partial charge in [0, 0.05) is 0 Å². The molecule has 1 aliphatic rings. The Morgan fingerprint density at radius 3 is 2.95 bits per heavy atom. The topological polar surface area (TPSA) is 55.1 Å². The molecular formula is C15H16N2OS. The number of rotatable bonds is 2. The average Bonchev–Trinajstić information content (AvgIpc) is 2.85. The van der Waals surface area contributed by atoms with Gasteiger partial charge in [0.15, 0.2) is 0 Å². The Bertz CT molecular complexity index is 606. The second-order valence-corrected chi connectivity index (χ2v) is 5.74. The van der Waals surface area contributed by atoms with Gasteiger partial charge in [-0.2, -0.15) is 0 Å². The number of carbonyl (C=O) groups is 1. The third-order valence-corrected chi connectivity index (χ3v) is 4.51. The summed E-state index contributed by atoms with van der Waals surface area (Å²) < 4.78 is 0. The number of anilines is 1. The van der Waals surface area contributed by atoms with E-state index in [1.54, 1.807) is 6.07 Å². The lowest BCUT2D eigenvalue weighted by atomic mass is 9.88. The van der Waals surface area contributed by atoms with E-state index in [1.165, 1.54) is 22.5 Å². The molecule has 1 atom stereocenters. The highest BCUT2D eigenvalue weighted by Gasteiger charge is 2.22. The van der Waals surface area contributed by atoms with Crippen LogP contribution in [0.1, 0.15) is 39.7 Å². The van der Waals surface area contributed by atoms with Crippen molar-refractivity contribution >= 4 is 22.9 Å². The van der Waals surface area contributed by atoms with Crippen molar-refractivity contribution in [2.75, 3.05) is 5.73 Å². The summed E-state index contributed by atoms with van der Waals surface area (Å²) in [4.78, 5) is 12.8. The van der Waals surface area contributed by atoms with Crippen LogP contribution in [0, 0.1) is 0 Å². The lowest BCUT2D eigenvalue weighted by Gasteiger charge is -2.26. The maximum absolute atomic E-state index is 12.2. The number of aryl methyl sites for hydroxylation is 1. The smallest absolute Gasteiger partial charge is 0.263 e. The maximum atomic E-state index is 12.2. The van der Waals surface area contributed by atoms with E-state index in [4.69, 9.17) is 5.73 Å². The number of fused-ring (bicyclic) bond motifs is 1. The van der Waals surface area contributed by atoms with E-state index < -0.39 is 0 Å². The zero-order valence-electron chi connectivity index (χ0n) is 10.6. The molecule has 1 aromatic heterocycles. The summed E-state index contributed by atoms with van der Waals surface area (Å²) in [6.07, 6.45) is 3.21. The van der Waals surface area contributed by atoms with Gasteiger partial charge in [0.2, 0.25) is 0 Å². The van der Waals surface area contributed by atoms with Crippen molar-refractivity contribution in [2.45, 2.75) is 25.3 Å². The fourth-order valence-electron chi connectivity index (χ4n) is 2.63. The molecule has 19 heavy (non-hydrogen) atoms. The van der Waals surface area contributed by atoms with Crippen molar-refractivity contribution in [3.8, 4) is 0 Å². The van der Waals surface area contributed by atoms with Crippen LogP contribution in [0.2, 0.25) is 0 Å². The molecule has 0 fully saturated rings. The van der Waals surface area contributed by atoms with Gasteiger partial charge in [0.05, 0.1) is 11.7 Å². The van der Waals surface area contributed by atoms with Crippen LogP contribution in [-0.4, -0.2) is 5.91 Å². The highest BCUT2D eigenvalue weighted by Crippen LogP contribution is 2.30. The molecule has 98 valence electrons. The molecular weight excluding hydrogens is 256 g/mol. The van der Waals surface area contributed by atoms with Crippen LogP contribution in [0.25, 0.3) is 0 Å². The number of benzene rings is 1. The van der Waals surface area contributed by atoms with Gasteiger partial charge in [-0.05, 0) is 41.8 Å². The van der Waals surface area contributed by atoms with E-state index in [2.05, 4.69) is 23.5 Å². The molecule has 0 saturated carbocycles. The van der Waals surface area contributed by atoms with Crippen LogP contribution in [-0.2, 0) is 6.42 Å². The third-order valence-electron chi connectivity index (χ3n) is 3.58. The lowest BCUT2D eigenvalue weighted by Crippen LogP contribution is -2.30. The van der Waals surface area contributed by atoms with Crippen molar-refractivity contribution in [3.63, 3.8) is 0 Å². The number of nitrogen functional groups attached to an aromatic ring is 1. The summed E-state index contributed by atoms with van der Waals surface area (Å²) in [6, 6.07) is 10.2. The highest BCUT2D eigenvalue weighted by molar-refractivity contribution is 7.12. The molecule has 1 heterocycles. The van der Waals surface area contributed by atoms with Crippen molar-refractivity contribution in [3.05, 3.63) is 51.7 Å². The van der Waals surface area contributed by atoms with Gasteiger partial charge < -0.3 is 11.1 Å². The molecule has 3 rings (SSSR count). The summed E-state index contributed by atoms with van der Waals surface area (Å²) in [7, 11) is 0. The van der Waals surface area contributed by atoms with Gasteiger partial charge in [-0.25, -0.2) is 0 Å². The largest absolute Gasteiger partial charge is 0.397 e. The van der Waals surface area contributed by atoms with Crippen molar-refractivity contribution in [1.82, 2.24) is 5.32 Å². The van der Waals surface area contributed by atoms with Gasteiger partial charge in [-0.15, -0.1) is 11.3 Å². The van der Waals surface area contributed by atoms with Crippen LogP contribution in [0.4, 0.5) is 5.69 Å². The molecule has 1 unspecified atom stereocenters. The first-order valence-corrected chi connectivity index (χ1v) is 7.35. The molecule has 0 spiro atoms. The van der Waals surface area contributed by atoms with Crippen LogP contribution < -0.4 is 11.1 Å². The van der Waals surface area contributed by atoms with E-state index in [9.17, 15) is 4.79 Å². The number of hydrogen-bond acceptors (Lipinski definition) is 3. The summed E-state index contributed by atoms with van der Waals surface area (Å²) in [5.74, 6) is -0.0609. The Hall–Kier alpha value is -1.81. The SMILES string of the molecule is Nc1ccsc1C(=O)NC1CCCc2ccccc21. The number of carbonyl (C=O) groups excluding carboxylic acids is 1. The van der Waals surface area contributed by atoms with E-state index in [0.717, 1.165) is 19.3 Å². The minimum Gasteiger partial charge on any atom is -0.397 e. The molecule has 4 heteroatoms. The van der Waals surface area contributed by atoms with Crippen molar-refractivity contribution < 1.29 is 4.79 Å². The number of amides is 1. The molecule has 0 radical (unpaired) electrons. The van der Waals surface area contributed by atoms with Gasteiger partial charge in [-0.1, -0.05) is 24.3 Å². The quantitative estimate of drug-likeness (QED) is 0.882. The zero-order valence-corrected chi connectivity index (χ0v) is 11.4. The second kappa shape index (κ2) is 5.05. The lowest BCUT2D eigenvalue weighted by molar-refractivity contribution is 0.0937. The Morgan fingerprint density at radius 2 is 2.16 bits per heavy atom. The molecule has 1 aromatic carbocycles. The predicted octanol–water partition coefficient (Wildman–Crippen LogP) is 3.14. The average molecular weight is 272 g/mol. The Morgan fingerprint density at radius 1 is 1.32 bits per heavy atom. The highest BCUT2D eigenvalue weighted by atomic mass is 32.1. The minimum absolute atomic E-state index is 0.0609. The van der Waals surface area contributed by atoms with E-state index >= 15 is 0 Å². The van der Waals surface area contributed by atoms with E-state index in [1.807, 2.05) is 11.4 Å².